The molecule has 98 valence electrons. The Bertz CT molecular complexity index is 468. The van der Waals surface area contributed by atoms with E-state index in [4.69, 9.17) is 0 Å². The van der Waals surface area contributed by atoms with Crippen molar-refractivity contribution >= 4 is 5.91 Å². The molecule has 0 radical (unpaired) electrons. The normalized spacial score (nSPS) is 16.1. The fourth-order valence-corrected chi connectivity index (χ4v) is 2.69. The third-order valence-corrected chi connectivity index (χ3v) is 3.69. The molecule has 0 spiro atoms. The highest BCUT2D eigenvalue weighted by atomic mass is 16.2. The van der Waals surface area contributed by atoms with Crippen molar-refractivity contribution in [1.29, 1.82) is 0 Å². The third-order valence-electron chi connectivity index (χ3n) is 3.69. The summed E-state index contributed by atoms with van der Waals surface area (Å²) in [4.78, 5) is 14.2. The number of carbonyl (C=O) groups is 1. The molecular formula is C16H23NO. The average molecular weight is 245 g/mol. The second kappa shape index (κ2) is 4.42. The van der Waals surface area contributed by atoms with E-state index in [1.54, 1.807) is 0 Å². The highest BCUT2D eigenvalue weighted by Gasteiger charge is 2.29. The minimum Gasteiger partial charge on any atom is -0.336 e. The van der Waals surface area contributed by atoms with Crippen molar-refractivity contribution in [3.8, 4) is 0 Å². The molecule has 0 aromatic heterocycles. The van der Waals surface area contributed by atoms with Crippen molar-refractivity contribution in [2.75, 3.05) is 0 Å². The highest BCUT2D eigenvalue weighted by Crippen LogP contribution is 2.32. The molecule has 2 nitrogen and oxygen atoms in total. The first kappa shape index (κ1) is 13.1. The smallest absolute Gasteiger partial charge is 0.227 e. The molecule has 1 amide bonds. The first-order valence-corrected chi connectivity index (χ1v) is 6.71. The van der Waals surface area contributed by atoms with E-state index in [1.807, 2.05) is 4.90 Å². The van der Waals surface area contributed by atoms with Gasteiger partial charge in [0.05, 0.1) is 6.42 Å². The minimum atomic E-state index is 0.103. The number of rotatable bonds is 1. The number of hydrogen-bond donors (Lipinski definition) is 0. The van der Waals surface area contributed by atoms with Crippen LogP contribution in [0.2, 0.25) is 0 Å². The van der Waals surface area contributed by atoms with Crippen molar-refractivity contribution in [2.24, 2.45) is 0 Å². The van der Waals surface area contributed by atoms with Crippen LogP contribution in [0.3, 0.4) is 0 Å². The lowest BCUT2D eigenvalue weighted by Gasteiger charge is -2.35. The van der Waals surface area contributed by atoms with Gasteiger partial charge in [0.2, 0.25) is 5.91 Å². The van der Waals surface area contributed by atoms with Crippen molar-refractivity contribution in [3.05, 3.63) is 34.9 Å². The molecule has 1 aromatic carbocycles. The zero-order valence-electron chi connectivity index (χ0n) is 12.1. The van der Waals surface area contributed by atoms with Crippen LogP contribution in [-0.4, -0.2) is 16.8 Å². The van der Waals surface area contributed by atoms with Crippen molar-refractivity contribution in [1.82, 2.24) is 4.90 Å². The number of benzene rings is 1. The van der Waals surface area contributed by atoms with E-state index in [-0.39, 0.29) is 17.4 Å². The van der Waals surface area contributed by atoms with Gasteiger partial charge in [-0.05, 0) is 36.0 Å². The fraction of sp³-hybridized carbons (Fsp3) is 0.562. The van der Waals surface area contributed by atoms with Gasteiger partial charge in [-0.1, -0.05) is 39.0 Å². The lowest BCUT2D eigenvalue weighted by atomic mass is 9.80. The maximum Gasteiger partial charge on any atom is 0.227 e. The van der Waals surface area contributed by atoms with Crippen LogP contribution in [-0.2, 0) is 23.2 Å². The Kier molecular flexibility index (Phi) is 3.22. The molecular weight excluding hydrogens is 222 g/mol. The lowest BCUT2D eigenvalue weighted by molar-refractivity contribution is -0.133. The summed E-state index contributed by atoms with van der Waals surface area (Å²) in [6.07, 6.45) is 0.557. The topological polar surface area (TPSA) is 20.3 Å². The Labute approximate surface area is 110 Å². The van der Waals surface area contributed by atoms with Gasteiger partial charge in [0, 0.05) is 12.6 Å². The van der Waals surface area contributed by atoms with Gasteiger partial charge in [-0.15, -0.1) is 0 Å². The maximum atomic E-state index is 12.2. The summed E-state index contributed by atoms with van der Waals surface area (Å²) < 4.78 is 0. The molecule has 0 aliphatic carbocycles. The second-order valence-electron chi connectivity index (χ2n) is 6.49. The van der Waals surface area contributed by atoms with E-state index < -0.39 is 0 Å². The Balaban J connectivity index is 2.46. The summed E-state index contributed by atoms with van der Waals surface area (Å²) in [5.41, 5.74) is 3.99. The Morgan fingerprint density at radius 1 is 1.22 bits per heavy atom. The molecule has 0 atom stereocenters. The predicted molar refractivity (Wildman–Crippen MR) is 74.5 cm³/mol. The van der Waals surface area contributed by atoms with Crippen LogP contribution in [0.15, 0.2) is 18.2 Å². The van der Waals surface area contributed by atoms with Crippen LogP contribution in [0.1, 0.15) is 51.3 Å². The van der Waals surface area contributed by atoms with Gasteiger partial charge in [-0.3, -0.25) is 4.79 Å². The van der Waals surface area contributed by atoms with Gasteiger partial charge in [0.25, 0.3) is 0 Å². The van der Waals surface area contributed by atoms with Crippen LogP contribution in [0, 0.1) is 0 Å². The first-order chi connectivity index (χ1) is 8.30. The summed E-state index contributed by atoms with van der Waals surface area (Å²) in [5, 5.41) is 0. The lowest BCUT2D eigenvalue weighted by Crippen LogP contribution is -2.41. The van der Waals surface area contributed by atoms with E-state index in [2.05, 4.69) is 52.8 Å². The van der Waals surface area contributed by atoms with Crippen LogP contribution in [0.5, 0.6) is 0 Å². The maximum absolute atomic E-state index is 12.2. The van der Waals surface area contributed by atoms with Gasteiger partial charge < -0.3 is 4.90 Å². The first-order valence-electron chi connectivity index (χ1n) is 6.71. The van der Waals surface area contributed by atoms with Gasteiger partial charge in [0.1, 0.15) is 0 Å². The molecule has 1 aliphatic heterocycles. The predicted octanol–water partition coefficient (Wildman–Crippen LogP) is 3.28. The number of hydrogen-bond acceptors (Lipinski definition) is 1. The monoisotopic (exact) mass is 245 g/mol. The van der Waals surface area contributed by atoms with Crippen LogP contribution >= 0.6 is 0 Å². The summed E-state index contributed by atoms with van der Waals surface area (Å²) >= 11 is 0. The molecule has 0 unspecified atom stereocenters. The standard InChI is InChI=1S/C16H23NO/c1-11(2)17-10-12-7-6-8-14(16(3,4)5)13(12)9-15(17)18/h6-8,11H,9-10H2,1-5H3. The van der Waals surface area contributed by atoms with Crippen molar-refractivity contribution in [2.45, 2.75) is 59.0 Å². The largest absolute Gasteiger partial charge is 0.336 e. The van der Waals surface area contributed by atoms with Gasteiger partial charge in [-0.25, -0.2) is 0 Å². The SMILES string of the molecule is CC(C)N1Cc2cccc(C(C)(C)C)c2CC1=O. The molecule has 0 bridgehead atoms. The number of carbonyl (C=O) groups excluding carboxylic acids is 1. The van der Waals surface area contributed by atoms with Crippen LogP contribution < -0.4 is 0 Å². The zero-order valence-corrected chi connectivity index (χ0v) is 12.1. The molecule has 1 aromatic rings. The van der Waals surface area contributed by atoms with Gasteiger partial charge in [0.15, 0.2) is 0 Å². The van der Waals surface area contributed by atoms with Crippen LogP contribution in [0.25, 0.3) is 0 Å². The molecule has 0 N–H and O–H groups in total. The van der Waals surface area contributed by atoms with Crippen molar-refractivity contribution in [3.63, 3.8) is 0 Å². The number of amides is 1. The molecule has 0 fully saturated rings. The molecule has 0 saturated carbocycles. The summed E-state index contributed by atoms with van der Waals surface area (Å²) in [6, 6.07) is 6.72. The quantitative estimate of drug-likeness (QED) is 0.743. The molecule has 0 saturated heterocycles. The van der Waals surface area contributed by atoms with Gasteiger partial charge in [-0.2, -0.15) is 0 Å². The van der Waals surface area contributed by atoms with E-state index in [9.17, 15) is 4.79 Å². The van der Waals surface area contributed by atoms with E-state index in [1.165, 1.54) is 16.7 Å². The molecule has 18 heavy (non-hydrogen) atoms. The van der Waals surface area contributed by atoms with E-state index >= 15 is 0 Å². The molecule has 1 heterocycles. The van der Waals surface area contributed by atoms with Gasteiger partial charge >= 0.3 is 0 Å². The Morgan fingerprint density at radius 2 is 1.89 bits per heavy atom. The summed E-state index contributed by atoms with van der Waals surface area (Å²) in [6.45, 7) is 11.6. The van der Waals surface area contributed by atoms with E-state index in [0.717, 1.165) is 6.54 Å². The van der Waals surface area contributed by atoms with Crippen LogP contribution in [0.4, 0.5) is 0 Å². The zero-order chi connectivity index (χ0) is 13.5. The molecule has 2 rings (SSSR count). The molecule has 1 aliphatic rings. The number of nitrogens with zero attached hydrogens (tertiary/aromatic N) is 1. The fourth-order valence-electron chi connectivity index (χ4n) is 2.69. The summed E-state index contributed by atoms with van der Waals surface area (Å²) in [5.74, 6) is 0.259. The highest BCUT2D eigenvalue weighted by molar-refractivity contribution is 5.81. The second-order valence-corrected chi connectivity index (χ2v) is 6.49. The van der Waals surface area contributed by atoms with E-state index in [0.29, 0.717) is 6.42 Å². The third kappa shape index (κ3) is 2.29. The Morgan fingerprint density at radius 3 is 2.44 bits per heavy atom. The molecule has 2 heteroatoms. The number of fused-ring (bicyclic) bond motifs is 1. The van der Waals surface area contributed by atoms with Crippen molar-refractivity contribution < 1.29 is 4.79 Å². The minimum absolute atomic E-state index is 0.103. The summed E-state index contributed by atoms with van der Waals surface area (Å²) in [7, 11) is 0. The Hall–Kier alpha value is -1.31. The average Bonchev–Trinajstić information content (AvgIpc) is 2.25.